The molecule has 2 aromatic heterocycles. The summed E-state index contributed by atoms with van der Waals surface area (Å²) >= 11 is 1.15. The van der Waals surface area contributed by atoms with Crippen LogP contribution in [0.4, 0.5) is 30.6 Å². The fraction of sp³-hybridized carbons (Fsp3) is 0.613. The van der Waals surface area contributed by atoms with E-state index in [0.717, 1.165) is 50.1 Å². The SMILES string of the molecule is CC1(C)CC2CCCNc3cccc(n3)SNC(=O)c3ccc(N4CCC(CCCC5(C(F)(F)F)CC5)C4=O)nc3N1C2. The molecule has 5 heterocycles. The first-order valence-corrected chi connectivity index (χ1v) is 16.1. The number of fused-ring (bicyclic) bond motifs is 6. The van der Waals surface area contributed by atoms with E-state index in [-0.39, 0.29) is 42.5 Å². The number of anilines is 3. The van der Waals surface area contributed by atoms with E-state index in [2.05, 4.69) is 33.8 Å². The van der Waals surface area contributed by atoms with E-state index in [9.17, 15) is 22.8 Å². The molecule has 8 nitrogen and oxygen atoms in total. The van der Waals surface area contributed by atoms with Crippen LogP contribution in [0.3, 0.4) is 0 Å². The largest absolute Gasteiger partial charge is 0.394 e. The Morgan fingerprint density at radius 3 is 2.67 bits per heavy atom. The quantitative estimate of drug-likeness (QED) is 0.367. The lowest BCUT2D eigenvalue weighted by Gasteiger charge is -2.34. The predicted molar refractivity (Wildman–Crippen MR) is 161 cm³/mol. The monoisotopic (exact) mass is 616 g/mol. The van der Waals surface area contributed by atoms with E-state index in [1.54, 1.807) is 17.0 Å². The number of amides is 2. The summed E-state index contributed by atoms with van der Waals surface area (Å²) < 4.78 is 43.0. The Kier molecular flexibility index (Phi) is 8.02. The van der Waals surface area contributed by atoms with Gasteiger partial charge < -0.3 is 10.2 Å². The van der Waals surface area contributed by atoms with Crippen LogP contribution < -0.4 is 19.8 Å². The molecule has 2 amide bonds. The van der Waals surface area contributed by atoms with Crippen molar-refractivity contribution in [2.45, 2.75) is 88.4 Å². The third-order valence-electron chi connectivity index (χ3n) is 9.64. The molecule has 4 aliphatic rings. The lowest BCUT2D eigenvalue weighted by Crippen LogP contribution is -2.40. The number of carbonyl (C=O) groups excluding carboxylic acids is 2. The molecular weight excluding hydrogens is 577 g/mol. The standard InChI is InChI=1S/C31H39F3N6O2S/c1-29(2)18-20-6-5-16-35-23-8-3-9-25(36-23)43-38-27(41)22-10-11-24(37-26(22)40(29)19-20)39-17-12-21(28(39)42)7-4-13-30(14-15-30)31(32,33)34/h3,8-11,20-21H,4-7,12-19H2,1-2H3,(H,35,36)(H,38,41). The molecule has 6 rings (SSSR count). The van der Waals surface area contributed by atoms with Crippen LogP contribution in [-0.4, -0.2) is 53.1 Å². The highest BCUT2D eigenvalue weighted by Gasteiger charge is 2.62. The molecule has 43 heavy (non-hydrogen) atoms. The number of nitrogens with zero attached hydrogens (tertiary/aromatic N) is 4. The Morgan fingerprint density at radius 2 is 1.91 bits per heavy atom. The number of aromatic nitrogens is 2. The molecule has 232 valence electrons. The molecule has 3 fully saturated rings. The molecule has 12 heteroatoms. The summed E-state index contributed by atoms with van der Waals surface area (Å²) in [5.74, 6) is 1.52. The Balaban J connectivity index is 1.23. The summed E-state index contributed by atoms with van der Waals surface area (Å²) in [6.07, 6.45) is 0.687. The summed E-state index contributed by atoms with van der Waals surface area (Å²) in [6, 6.07) is 9.11. The summed E-state index contributed by atoms with van der Waals surface area (Å²) in [5.41, 5.74) is -1.35. The first kappa shape index (κ1) is 30.0. The maximum atomic E-state index is 13.5. The van der Waals surface area contributed by atoms with Crippen molar-refractivity contribution >= 4 is 41.2 Å². The molecule has 2 saturated heterocycles. The number of rotatable bonds is 5. The van der Waals surface area contributed by atoms with Gasteiger partial charge in [0.05, 0.1) is 11.0 Å². The van der Waals surface area contributed by atoms with Gasteiger partial charge in [0.1, 0.15) is 22.5 Å². The molecule has 2 atom stereocenters. The van der Waals surface area contributed by atoms with Crippen LogP contribution in [0.1, 0.15) is 82.0 Å². The molecule has 0 radical (unpaired) electrons. The Bertz CT molecular complexity index is 1380. The smallest absolute Gasteiger partial charge is 0.370 e. The minimum absolute atomic E-state index is 0.0889. The molecule has 4 bridgehead atoms. The average Bonchev–Trinajstić information content (AvgIpc) is 3.59. The molecular formula is C31H39F3N6O2S. The number of hydrogen-bond acceptors (Lipinski definition) is 7. The van der Waals surface area contributed by atoms with Crippen LogP contribution in [0.15, 0.2) is 35.4 Å². The van der Waals surface area contributed by atoms with Crippen LogP contribution >= 0.6 is 11.9 Å². The van der Waals surface area contributed by atoms with E-state index in [4.69, 9.17) is 4.98 Å². The minimum atomic E-state index is -4.17. The van der Waals surface area contributed by atoms with Gasteiger partial charge in [0.2, 0.25) is 5.91 Å². The van der Waals surface area contributed by atoms with Gasteiger partial charge in [-0.3, -0.25) is 19.2 Å². The lowest BCUT2D eigenvalue weighted by molar-refractivity contribution is -0.189. The van der Waals surface area contributed by atoms with Crippen molar-refractivity contribution in [3.63, 3.8) is 0 Å². The maximum Gasteiger partial charge on any atom is 0.394 e. The van der Waals surface area contributed by atoms with Crippen molar-refractivity contribution in [2.24, 2.45) is 17.3 Å². The van der Waals surface area contributed by atoms with Gasteiger partial charge in [-0.05, 0) is 95.4 Å². The van der Waals surface area contributed by atoms with Gasteiger partial charge in [0, 0.05) is 43.0 Å². The van der Waals surface area contributed by atoms with E-state index >= 15 is 0 Å². The molecule has 1 aliphatic carbocycles. The zero-order valence-corrected chi connectivity index (χ0v) is 25.5. The van der Waals surface area contributed by atoms with Gasteiger partial charge >= 0.3 is 6.18 Å². The summed E-state index contributed by atoms with van der Waals surface area (Å²) in [5, 5.41) is 4.05. The average molecular weight is 617 g/mol. The van der Waals surface area contributed by atoms with Crippen LogP contribution in [0.5, 0.6) is 0 Å². The number of halogens is 3. The third-order valence-corrected chi connectivity index (χ3v) is 10.4. The van der Waals surface area contributed by atoms with Crippen LogP contribution in [0.25, 0.3) is 0 Å². The van der Waals surface area contributed by atoms with E-state index in [1.165, 1.54) is 0 Å². The Hall–Kier alpha value is -3.02. The number of pyridine rings is 2. The van der Waals surface area contributed by atoms with Crippen LogP contribution in [0, 0.1) is 17.3 Å². The second-order valence-corrected chi connectivity index (χ2v) is 14.0. The van der Waals surface area contributed by atoms with Crippen LogP contribution in [0.2, 0.25) is 0 Å². The molecule has 3 aliphatic heterocycles. The fourth-order valence-corrected chi connectivity index (χ4v) is 7.60. The molecule has 2 aromatic rings. The summed E-state index contributed by atoms with van der Waals surface area (Å²) in [4.78, 5) is 40.4. The Morgan fingerprint density at radius 1 is 1.09 bits per heavy atom. The number of alkyl halides is 3. The van der Waals surface area contributed by atoms with Crippen LogP contribution in [-0.2, 0) is 4.79 Å². The van der Waals surface area contributed by atoms with E-state index < -0.39 is 11.6 Å². The molecule has 2 N–H and O–H groups in total. The topological polar surface area (TPSA) is 90.5 Å². The highest BCUT2D eigenvalue weighted by atomic mass is 32.2. The van der Waals surface area contributed by atoms with Gasteiger partial charge in [-0.2, -0.15) is 13.2 Å². The van der Waals surface area contributed by atoms with Crippen molar-refractivity contribution < 1.29 is 22.8 Å². The fourth-order valence-electron chi connectivity index (χ4n) is 7.00. The second kappa shape index (κ2) is 11.5. The van der Waals surface area contributed by atoms with Crippen molar-refractivity contribution in [2.75, 3.05) is 34.8 Å². The first-order valence-electron chi connectivity index (χ1n) is 15.3. The van der Waals surface area contributed by atoms with Gasteiger partial charge in [0.15, 0.2) is 0 Å². The van der Waals surface area contributed by atoms with Crippen molar-refractivity contribution in [1.29, 1.82) is 0 Å². The van der Waals surface area contributed by atoms with Gasteiger partial charge in [0.25, 0.3) is 5.91 Å². The normalized spacial score (nSPS) is 25.0. The van der Waals surface area contributed by atoms with Gasteiger partial charge in [-0.1, -0.05) is 12.5 Å². The highest BCUT2D eigenvalue weighted by Crippen LogP contribution is 2.60. The molecule has 2 unspecified atom stereocenters. The minimum Gasteiger partial charge on any atom is -0.370 e. The van der Waals surface area contributed by atoms with Gasteiger partial charge in [-0.25, -0.2) is 9.97 Å². The first-order chi connectivity index (χ1) is 20.5. The Labute approximate surface area is 254 Å². The summed E-state index contributed by atoms with van der Waals surface area (Å²) in [6.45, 7) is 6.35. The maximum absolute atomic E-state index is 13.5. The number of nitrogens with one attached hydrogen (secondary N) is 2. The van der Waals surface area contributed by atoms with E-state index in [0.29, 0.717) is 54.0 Å². The third kappa shape index (κ3) is 6.17. The van der Waals surface area contributed by atoms with Crippen molar-refractivity contribution in [3.05, 3.63) is 35.9 Å². The zero-order chi connectivity index (χ0) is 30.4. The number of hydrogen-bond donors (Lipinski definition) is 2. The van der Waals surface area contributed by atoms with Crippen molar-refractivity contribution in [3.8, 4) is 0 Å². The highest BCUT2D eigenvalue weighted by molar-refractivity contribution is 7.97. The predicted octanol–water partition coefficient (Wildman–Crippen LogP) is 6.59. The molecule has 0 aromatic carbocycles. The molecule has 0 spiro atoms. The van der Waals surface area contributed by atoms with Gasteiger partial charge in [-0.15, -0.1) is 0 Å². The van der Waals surface area contributed by atoms with Crippen molar-refractivity contribution in [1.82, 2.24) is 14.7 Å². The zero-order valence-electron chi connectivity index (χ0n) is 24.7. The number of carbonyl (C=O) groups is 2. The second-order valence-electron chi connectivity index (χ2n) is 13.1. The molecule has 1 saturated carbocycles. The lowest BCUT2D eigenvalue weighted by atomic mass is 9.93. The van der Waals surface area contributed by atoms with E-state index in [1.807, 2.05) is 18.2 Å². The summed E-state index contributed by atoms with van der Waals surface area (Å²) in [7, 11) is 0.